The highest BCUT2D eigenvalue weighted by molar-refractivity contribution is 5.81. The van der Waals surface area contributed by atoms with Gasteiger partial charge in [0.25, 0.3) is 0 Å². The monoisotopic (exact) mass is 229 g/mol. The van der Waals surface area contributed by atoms with Crippen LogP contribution in [0.1, 0.15) is 36.5 Å². The first-order valence-electron chi connectivity index (χ1n) is 6.48. The van der Waals surface area contributed by atoms with Crippen molar-refractivity contribution in [2.45, 2.75) is 32.1 Å². The lowest BCUT2D eigenvalue weighted by Crippen LogP contribution is -2.16. The molecule has 0 amide bonds. The molecule has 2 aromatic rings. The van der Waals surface area contributed by atoms with Crippen molar-refractivity contribution in [1.29, 1.82) is 0 Å². The maximum absolute atomic E-state index is 6.06. The number of benzene rings is 1. The molecule has 1 aromatic carbocycles. The summed E-state index contributed by atoms with van der Waals surface area (Å²) in [4.78, 5) is 0. The lowest BCUT2D eigenvalue weighted by Gasteiger charge is -2.14. The molecule has 0 saturated heterocycles. The van der Waals surface area contributed by atoms with Crippen LogP contribution in [0.4, 0.5) is 0 Å². The normalized spacial score (nSPS) is 24.6. The predicted octanol–water partition coefficient (Wildman–Crippen LogP) is 3.58. The third kappa shape index (κ3) is 1.77. The Labute approximate surface area is 102 Å². The van der Waals surface area contributed by atoms with Gasteiger partial charge < -0.3 is 10.2 Å². The zero-order chi connectivity index (χ0) is 11.8. The van der Waals surface area contributed by atoms with E-state index in [0.717, 1.165) is 17.9 Å². The van der Waals surface area contributed by atoms with E-state index in [0.29, 0.717) is 11.8 Å². The Morgan fingerprint density at radius 2 is 2.24 bits per heavy atom. The molecule has 2 N–H and O–H groups in total. The van der Waals surface area contributed by atoms with Crippen molar-refractivity contribution >= 4 is 11.0 Å². The summed E-state index contributed by atoms with van der Waals surface area (Å²) in [6, 6.07) is 8.53. The average Bonchev–Trinajstić information content (AvgIpc) is 2.94. The number of nitrogens with two attached hydrogens (primary N) is 1. The summed E-state index contributed by atoms with van der Waals surface area (Å²) in [5, 5.41) is 1.22. The second-order valence-corrected chi connectivity index (χ2v) is 5.18. The lowest BCUT2D eigenvalue weighted by molar-refractivity contribution is 0.415. The highest BCUT2D eigenvalue weighted by Crippen LogP contribution is 2.41. The molecular formula is C15H19NO. The summed E-state index contributed by atoms with van der Waals surface area (Å²) < 4.78 is 6.06. The Kier molecular flexibility index (Phi) is 2.67. The Morgan fingerprint density at radius 3 is 3.00 bits per heavy atom. The first-order chi connectivity index (χ1) is 8.29. The lowest BCUT2D eigenvalue weighted by atomic mass is 9.94. The summed E-state index contributed by atoms with van der Waals surface area (Å²) in [7, 11) is 0. The van der Waals surface area contributed by atoms with E-state index in [2.05, 4.69) is 31.2 Å². The Hall–Kier alpha value is -1.28. The number of rotatable bonds is 2. The molecule has 0 radical (unpaired) electrons. The van der Waals surface area contributed by atoms with Gasteiger partial charge in [-0.25, -0.2) is 0 Å². The van der Waals surface area contributed by atoms with Gasteiger partial charge in [0, 0.05) is 11.3 Å². The average molecular weight is 229 g/mol. The summed E-state index contributed by atoms with van der Waals surface area (Å²) in [6.07, 6.45) is 3.75. The molecule has 1 saturated carbocycles. The number of aryl methyl sites for hydroxylation is 1. The first kappa shape index (κ1) is 10.8. The van der Waals surface area contributed by atoms with E-state index in [1.807, 2.05) is 0 Å². The topological polar surface area (TPSA) is 39.2 Å². The van der Waals surface area contributed by atoms with Gasteiger partial charge in [0.2, 0.25) is 0 Å². The highest BCUT2D eigenvalue weighted by Gasteiger charge is 2.30. The quantitative estimate of drug-likeness (QED) is 0.854. The van der Waals surface area contributed by atoms with Crippen molar-refractivity contribution in [3.8, 4) is 0 Å². The van der Waals surface area contributed by atoms with Crippen LogP contribution in [0.3, 0.4) is 0 Å². The van der Waals surface area contributed by atoms with Gasteiger partial charge in [0.15, 0.2) is 0 Å². The molecule has 1 heterocycles. The highest BCUT2D eigenvalue weighted by atomic mass is 16.3. The molecule has 2 heteroatoms. The van der Waals surface area contributed by atoms with Crippen LogP contribution < -0.4 is 5.73 Å². The van der Waals surface area contributed by atoms with E-state index in [4.69, 9.17) is 10.2 Å². The van der Waals surface area contributed by atoms with Crippen LogP contribution in [-0.4, -0.2) is 6.54 Å². The largest absolute Gasteiger partial charge is 0.460 e. The second-order valence-electron chi connectivity index (χ2n) is 5.18. The van der Waals surface area contributed by atoms with Crippen molar-refractivity contribution in [2.24, 2.45) is 11.7 Å². The summed E-state index contributed by atoms with van der Waals surface area (Å²) in [5.41, 5.74) is 8.11. The minimum atomic E-state index is 0.534. The van der Waals surface area contributed by atoms with Gasteiger partial charge >= 0.3 is 0 Å². The van der Waals surface area contributed by atoms with Gasteiger partial charge in [-0.2, -0.15) is 0 Å². The van der Waals surface area contributed by atoms with E-state index < -0.39 is 0 Å². The summed E-state index contributed by atoms with van der Waals surface area (Å²) in [6.45, 7) is 2.88. The number of hydrogen-bond donors (Lipinski definition) is 1. The van der Waals surface area contributed by atoms with Gasteiger partial charge in [-0.1, -0.05) is 24.6 Å². The molecule has 1 aromatic heterocycles. The molecule has 2 atom stereocenters. The molecule has 0 bridgehead atoms. The van der Waals surface area contributed by atoms with Crippen molar-refractivity contribution in [3.05, 3.63) is 35.6 Å². The molecule has 17 heavy (non-hydrogen) atoms. The Balaban J connectivity index is 2.03. The molecular weight excluding hydrogens is 210 g/mol. The van der Waals surface area contributed by atoms with E-state index in [-0.39, 0.29) is 0 Å². The van der Waals surface area contributed by atoms with Crippen LogP contribution in [0.2, 0.25) is 0 Å². The van der Waals surface area contributed by atoms with Crippen molar-refractivity contribution < 1.29 is 4.42 Å². The fourth-order valence-electron chi connectivity index (χ4n) is 3.11. The van der Waals surface area contributed by atoms with Crippen LogP contribution in [-0.2, 0) is 0 Å². The standard InChI is InChI=1S/C15H19NO/c1-10-4-2-5-11-8-14(17-15(10)11)13-7-3-6-12(13)9-16/h2,4-5,8,12-13H,3,6-7,9,16H2,1H3. The van der Waals surface area contributed by atoms with Gasteiger partial charge in [0.1, 0.15) is 11.3 Å². The van der Waals surface area contributed by atoms with Crippen molar-refractivity contribution in [1.82, 2.24) is 0 Å². The zero-order valence-corrected chi connectivity index (χ0v) is 10.3. The third-order valence-electron chi connectivity index (χ3n) is 4.09. The third-order valence-corrected chi connectivity index (χ3v) is 4.09. The number of fused-ring (bicyclic) bond motifs is 1. The van der Waals surface area contributed by atoms with Gasteiger partial charge in [-0.05, 0) is 43.9 Å². The summed E-state index contributed by atoms with van der Waals surface area (Å²) in [5.74, 6) is 2.28. The Bertz CT molecular complexity index is 529. The summed E-state index contributed by atoms with van der Waals surface area (Å²) >= 11 is 0. The van der Waals surface area contributed by atoms with E-state index in [1.54, 1.807) is 0 Å². The van der Waals surface area contributed by atoms with Gasteiger partial charge in [0.05, 0.1) is 0 Å². The SMILES string of the molecule is Cc1cccc2cc(C3CCCC3CN)oc12. The molecule has 0 spiro atoms. The fraction of sp³-hybridized carbons (Fsp3) is 0.467. The Morgan fingerprint density at radius 1 is 1.35 bits per heavy atom. The van der Waals surface area contributed by atoms with Gasteiger partial charge in [-0.3, -0.25) is 0 Å². The molecule has 1 aliphatic carbocycles. The molecule has 90 valence electrons. The van der Waals surface area contributed by atoms with E-state index in [9.17, 15) is 0 Å². The van der Waals surface area contributed by atoms with Gasteiger partial charge in [-0.15, -0.1) is 0 Å². The van der Waals surface area contributed by atoms with Crippen molar-refractivity contribution in [3.63, 3.8) is 0 Å². The van der Waals surface area contributed by atoms with Crippen LogP contribution in [0.25, 0.3) is 11.0 Å². The minimum absolute atomic E-state index is 0.534. The van der Waals surface area contributed by atoms with E-state index in [1.165, 1.54) is 30.2 Å². The van der Waals surface area contributed by atoms with Crippen LogP contribution >= 0.6 is 0 Å². The number of furan rings is 1. The maximum Gasteiger partial charge on any atom is 0.137 e. The molecule has 1 aliphatic rings. The van der Waals surface area contributed by atoms with Crippen LogP contribution in [0.5, 0.6) is 0 Å². The molecule has 2 nitrogen and oxygen atoms in total. The molecule has 0 aliphatic heterocycles. The molecule has 3 rings (SSSR count). The minimum Gasteiger partial charge on any atom is -0.460 e. The fourth-order valence-corrected chi connectivity index (χ4v) is 3.11. The van der Waals surface area contributed by atoms with Crippen LogP contribution in [0.15, 0.2) is 28.7 Å². The first-order valence-corrected chi connectivity index (χ1v) is 6.48. The van der Waals surface area contributed by atoms with E-state index >= 15 is 0 Å². The predicted molar refractivity (Wildman–Crippen MR) is 70.1 cm³/mol. The second kappa shape index (κ2) is 4.19. The molecule has 2 unspecified atom stereocenters. The number of para-hydroxylation sites is 1. The molecule has 1 fully saturated rings. The van der Waals surface area contributed by atoms with Crippen molar-refractivity contribution in [2.75, 3.05) is 6.54 Å². The zero-order valence-electron chi connectivity index (χ0n) is 10.3. The smallest absolute Gasteiger partial charge is 0.137 e. The van der Waals surface area contributed by atoms with Crippen LogP contribution in [0, 0.1) is 12.8 Å². The maximum atomic E-state index is 6.06. The number of hydrogen-bond acceptors (Lipinski definition) is 2.